The van der Waals surface area contributed by atoms with Gasteiger partial charge in [0.2, 0.25) is 0 Å². The minimum atomic E-state index is 0.119. The van der Waals surface area contributed by atoms with E-state index in [4.69, 9.17) is 4.42 Å². The van der Waals surface area contributed by atoms with Crippen molar-refractivity contribution in [2.45, 2.75) is 66.6 Å². The molecule has 3 nitrogen and oxygen atoms in total. The third-order valence-corrected chi connectivity index (χ3v) is 3.36. The molecule has 1 rings (SSSR count). The van der Waals surface area contributed by atoms with Gasteiger partial charge in [-0.3, -0.25) is 4.90 Å². The zero-order valence-electron chi connectivity index (χ0n) is 14.3. The van der Waals surface area contributed by atoms with Gasteiger partial charge in [0.1, 0.15) is 11.5 Å². The molecule has 3 heteroatoms. The van der Waals surface area contributed by atoms with Crippen LogP contribution in [0.1, 0.15) is 58.1 Å². The van der Waals surface area contributed by atoms with Crippen molar-refractivity contribution in [1.82, 2.24) is 10.2 Å². The lowest BCUT2D eigenvalue weighted by Gasteiger charge is -2.20. The number of nitrogens with one attached hydrogen (secondary N) is 1. The van der Waals surface area contributed by atoms with Crippen molar-refractivity contribution in [3.63, 3.8) is 0 Å². The molecular weight excluding hydrogens is 248 g/mol. The van der Waals surface area contributed by atoms with Crippen molar-refractivity contribution in [2.24, 2.45) is 5.92 Å². The molecule has 1 aromatic rings. The topological polar surface area (TPSA) is 28.4 Å². The van der Waals surface area contributed by atoms with Gasteiger partial charge in [0.25, 0.3) is 0 Å². The maximum absolute atomic E-state index is 5.98. The van der Waals surface area contributed by atoms with E-state index in [-0.39, 0.29) is 5.54 Å². The Morgan fingerprint density at radius 1 is 1.30 bits per heavy atom. The predicted octanol–water partition coefficient (Wildman–Crippen LogP) is 3.95. The predicted molar refractivity (Wildman–Crippen MR) is 85.8 cm³/mol. The molecule has 0 saturated carbocycles. The average Bonchev–Trinajstić information content (AvgIpc) is 2.63. The van der Waals surface area contributed by atoms with E-state index in [1.165, 1.54) is 12.0 Å². The molecule has 0 unspecified atom stereocenters. The number of hydrogen-bond donors (Lipinski definition) is 1. The molecule has 0 radical (unpaired) electrons. The normalized spacial score (nSPS) is 12.7. The molecule has 0 aliphatic carbocycles. The first-order valence-electron chi connectivity index (χ1n) is 7.69. The first-order valence-corrected chi connectivity index (χ1v) is 7.69. The Morgan fingerprint density at radius 3 is 2.50 bits per heavy atom. The summed E-state index contributed by atoms with van der Waals surface area (Å²) in [5.41, 5.74) is 1.36. The molecule has 0 spiro atoms. The lowest BCUT2D eigenvalue weighted by molar-refractivity contribution is 0.271. The molecule has 0 atom stereocenters. The molecule has 0 amide bonds. The molecule has 0 fully saturated rings. The van der Waals surface area contributed by atoms with E-state index in [2.05, 4.69) is 64.9 Å². The van der Waals surface area contributed by atoms with Gasteiger partial charge >= 0.3 is 0 Å². The summed E-state index contributed by atoms with van der Waals surface area (Å²) < 4.78 is 5.98. The van der Waals surface area contributed by atoms with Crippen LogP contribution in [-0.2, 0) is 13.1 Å². The van der Waals surface area contributed by atoms with E-state index in [0.717, 1.165) is 37.1 Å². The maximum atomic E-state index is 5.98. The van der Waals surface area contributed by atoms with Gasteiger partial charge in [-0.15, -0.1) is 0 Å². The van der Waals surface area contributed by atoms with Crippen molar-refractivity contribution < 1.29 is 4.42 Å². The second-order valence-corrected chi connectivity index (χ2v) is 7.34. The SMILES string of the molecule is Cc1cc(CN(C)CCC(C)C)oc1CNC(C)(C)C. The Kier molecular flexibility index (Phi) is 6.28. The summed E-state index contributed by atoms with van der Waals surface area (Å²) in [6.07, 6.45) is 1.23. The number of hydrogen-bond acceptors (Lipinski definition) is 3. The van der Waals surface area contributed by atoms with E-state index >= 15 is 0 Å². The van der Waals surface area contributed by atoms with Crippen molar-refractivity contribution >= 4 is 0 Å². The largest absolute Gasteiger partial charge is 0.463 e. The fourth-order valence-electron chi connectivity index (χ4n) is 2.01. The standard InChI is InChI=1S/C17H32N2O/c1-13(2)8-9-19(7)12-15-10-14(3)16(20-15)11-18-17(4,5)6/h10,13,18H,8-9,11-12H2,1-7H3. The van der Waals surface area contributed by atoms with Crippen LogP contribution in [0.25, 0.3) is 0 Å². The number of rotatable bonds is 7. The zero-order chi connectivity index (χ0) is 15.3. The Labute approximate surface area is 124 Å². The summed E-state index contributed by atoms with van der Waals surface area (Å²) in [6, 6.07) is 2.17. The molecule has 1 N–H and O–H groups in total. The number of furan rings is 1. The van der Waals surface area contributed by atoms with Gasteiger partial charge in [0.05, 0.1) is 13.1 Å². The van der Waals surface area contributed by atoms with Gasteiger partial charge in [-0.25, -0.2) is 0 Å². The summed E-state index contributed by atoms with van der Waals surface area (Å²) in [5, 5.41) is 3.48. The molecule has 20 heavy (non-hydrogen) atoms. The quantitative estimate of drug-likeness (QED) is 0.819. The van der Waals surface area contributed by atoms with Crippen LogP contribution < -0.4 is 5.32 Å². The third kappa shape index (κ3) is 6.58. The summed E-state index contributed by atoms with van der Waals surface area (Å²) >= 11 is 0. The molecule has 0 aliphatic rings. The van der Waals surface area contributed by atoms with Crippen LogP contribution in [0.4, 0.5) is 0 Å². The Bertz CT molecular complexity index is 402. The second-order valence-electron chi connectivity index (χ2n) is 7.34. The molecule has 0 saturated heterocycles. The van der Waals surface area contributed by atoms with Crippen LogP contribution >= 0.6 is 0 Å². The number of aryl methyl sites for hydroxylation is 1. The van der Waals surface area contributed by atoms with Crippen LogP contribution in [0.3, 0.4) is 0 Å². The van der Waals surface area contributed by atoms with Crippen LogP contribution in [0.2, 0.25) is 0 Å². The molecule has 116 valence electrons. The maximum Gasteiger partial charge on any atom is 0.120 e. The van der Waals surface area contributed by atoms with Gasteiger partial charge in [0.15, 0.2) is 0 Å². The monoisotopic (exact) mass is 280 g/mol. The molecular formula is C17H32N2O. The van der Waals surface area contributed by atoms with E-state index in [1.807, 2.05) is 0 Å². The Hall–Kier alpha value is -0.800. The fraction of sp³-hybridized carbons (Fsp3) is 0.765. The van der Waals surface area contributed by atoms with Gasteiger partial charge in [-0.1, -0.05) is 13.8 Å². The first kappa shape index (κ1) is 17.3. The van der Waals surface area contributed by atoms with Crippen LogP contribution in [0.15, 0.2) is 10.5 Å². The molecule has 1 aromatic heterocycles. The second kappa shape index (κ2) is 7.28. The highest BCUT2D eigenvalue weighted by atomic mass is 16.3. The van der Waals surface area contributed by atoms with Gasteiger partial charge < -0.3 is 9.73 Å². The van der Waals surface area contributed by atoms with Crippen molar-refractivity contribution in [1.29, 1.82) is 0 Å². The summed E-state index contributed by atoms with van der Waals surface area (Å²) in [7, 11) is 2.16. The highest BCUT2D eigenvalue weighted by Crippen LogP contribution is 2.17. The van der Waals surface area contributed by atoms with E-state index in [9.17, 15) is 0 Å². The van der Waals surface area contributed by atoms with E-state index < -0.39 is 0 Å². The molecule has 0 aromatic carbocycles. The van der Waals surface area contributed by atoms with Crippen LogP contribution in [0, 0.1) is 12.8 Å². The Balaban J connectivity index is 2.52. The third-order valence-electron chi connectivity index (χ3n) is 3.36. The van der Waals surface area contributed by atoms with Gasteiger partial charge in [0, 0.05) is 5.54 Å². The summed E-state index contributed by atoms with van der Waals surface area (Å²) in [6.45, 7) is 16.0. The highest BCUT2D eigenvalue weighted by Gasteiger charge is 2.13. The van der Waals surface area contributed by atoms with Crippen molar-refractivity contribution in [2.75, 3.05) is 13.6 Å². The Morgan fingerprint density at radius 2 is 1.95 bits per heavy atom. The minimum Gasteiger partial charge on any atom is -0.463 e. The van der Waals surface area contributed by atoms with Crippen LogP contribution in [-0.4, -0.2) is 24.0 Å². The van der Waals surface area contributed by atoms with Crippen molar-refractivity contribution in [3.05, 3.63) is 23.2 Å². The van der Waals surface area contributed by atoms with Crippen LogP contribution in [0.5, 0.6) is 0 Å². The molecule has 1 heterocycles. The highest BCUT2D eigenvalue weighted by molar-refractivity contribution is 5.20. The lowest BCUT2D eigenvalue weighted by Crippen LogP contribution is -2.35. The minimum absolute atomic E-state index is 0.119. The fourth-order valence-corrected chi connectivity index (χ4v) is 2.01. The van der Waals surface area contributed by atoms with E-state index in [1.54, 1.807) is 0 Å². The summed E-state index contributed by atoms with van der Waals surface area (Å²) in [5.74, 6) is 2.88. The van der Waals surface area contributed by atoms with E-state index in [0.29, 0.717) is 0 Å². The zero-order valence-corrected chi connectivity index (χ0v) is 14.3. The molecule has 0 aliphatic heterocycles. The smallest absolute Gasteiger partial charge is 0.120 e. The number of nitrogens with zero attached hydrogens (tertiary/aromatic N) is 1. The van der Waals surface area contributed by atoms with Gasteiger partial charge in [-0.05, 0) is 65.3 Å². The van der Waals surface area contributed by atoms with Gasteiger partial charge in [-0.2, -0.15) is 0 Å². The molecule has 0 bridgehead atoms. The average molecular weight is 280 g/mol. The summed E-state index contributed by atoms with van der Waals surface area (Å²) in [4.78, 5) is 2.33. The first-order chi connectivity index (χ1) is 9.17. The van der Waals surface area contributed by atoms with Crippen molar-refractivity contribution in [3.8, 4) is 0 Å². The lowest BCUT2D eigenvalue weighted by atomic mass is 10.1.